The van der Waals surface area contributed by atoms with Gasteiger partial charge >= 0.3 is 0 Å². The molecule has 0 aliphatic carbocycles. The third-order valence-electron chi connectivity index (χ3n) is 0.927. The molecule has 0 saturated carbocycles. The summed E-state index contributed by atoms with van der Waals surface area (Å²) in [7, 11) is 0. The van der Waals surface area contributed by atoms with Crippen LogP contribution in [-0.4, -0.2) is 11.5 Å². The van der Waals surface area contributed by atoms with E-state index in [2.05, 4.69) is 5.92 Å². The van der Waals surface area contributed by atoms with Crippen LogP contribution in [0.3, 0.4) is 0 Å². The van der Waals surface area contributed by atoms with Crippen LogP contribution < -0.4 is 0 Å². The van der Waals surface area contributed by atoms with Gasteiger partial charge in [-0.2, -0.15) is 0 Å². The Bertz CT molecular complexity index is 136. The lowest BCUT2D eigenvalue weighted by Crippen LogP contribution is -2.09. The molecule has 1 unspecified atom stereocenters. The maximum Gasteiger partial charge on any atom is 0.207 e. The van der Waals surface area contributed by atoms with E-state index in [0.29, 0.717) is 6.42 Å². The van der Waals surface area contributed by atoms with E-state index in [1.54, 1.807) is 6.92 Å². The van der Waals surface area contributed by atoms with Crippen molar-refractivity contribution in [2.24, 2.45) is 5.92 Å². The molecule has 0 radical (unpaired) electrons. The summed E-state index contributed by atoms with van der Waals surface area (Å²) < 4.78 is 0. The molecule has 0 aromatic carbocycles. The fourth-order valence-electron chi connectivity index (χ4n) is 0.520. The van der Waals surface area contributed by atoms with Gasteiger partial charge in [0.15, 0.2) is 0 Å². The highest BCUT2D eigenvalue weighted by molar-refractivity contribution is 4.85. The average molecular weight is 127 g/mol. The molecule has 0 heterocycles. The third-order valence-corrected chi connectivity index (χ3v) is 0.927. The zero-order valence-corrected chi connectivity index (χ0v) is 5.33. The van der Waals surface area contributed by atoms with Crippen molar-refractivity contribution in [1.82, 2.24) is 0 Å². The molecule has 0 fully saturated rings. The molecule has 0 aromatic heterocycles. The highest BCUT2D eigenvalue weighted by Gasteiger charge is 2.05. The van der Waals surface area contributed by atoms with E-state index in [4.69, 9.17) is 6.42 Å². The van der Waals surface area contributed by atoms with Crippen LogP contribution >= 0.6 is 0 Å². The SMILES string of the molecule is C#CCC(C)C[N+](=O)[O-]. The summed E-state index contributed by atoms with van der Waals surface area (Å²) in [5, 5.41) is 9.82. The first-order valence-corrected chi connectivity index (χ1v) is 2.72. The fourth-order valence-corrected chi connectivity index (χ4v) is 0.520. The lowest BCUT2D eigenvalue weighted by molar-refractivity contribution is -0.487. The van der Waals surface area contributed by atoms with Gasteiger partial charge in [0.2, 0.25) is 6.54 Å². The van der Waals surface area contributed by atoms with Crippen LogP contribution in [0, 0.1) is 28.4 Å². The van der Waals surface area contributed by atoms with Crippen LogP contribution in [0.15, 0.2) is 0 Å². The summed E-state index contributed by atoms with van der Waals surface area (Å²) in [5.74, 6) is 2.37. The Morgan fingerprint density at radius 2 is 2.44 bits per heavy atom. The fraction of sp³-hybridized carbons (Fsp3) is 0.667. The van der Waals surface area contributed by atoms with E-state index in [0.717, 1.165) is 0 Å². The average Bonchev–Trinajstić information content (AvgIpc) is 1.63. The van der Waals surface area contributed by atoms with Gasteiger partial charge < -0.3 is 0 Å². The quantitative estimate of drug-likeness (QED) is 0.321. The summed E-state index contributed by atoms with van der Waals surface area (Å²) in [5.41, 5.74) is 0. The van der Waals surface area contributed by atoms with Gasteiger partial charge in [-0.15, -0.1) is 12.3 Å². The zero-order valence-electron chi connectivity index (χ0n) is 5.33. The number of terminal acetylenes is 1. The van der Waals surface area contributed by atoms with Crippen molar-refractivity contribution in [1.29, 1.82) is 0 Å². The Morgan fingerprint density at radius 3 is 2.78 bits per heavy atom. The number of hydrogen-bond acceptors (Lipinski definition) is 2. The molecule has 0 aliphatic rings. The molecule has 0 bridgehead atoms. The minimum absolute atomic E-state index is 0.00463. The molecular weight excluding hydrogens is 118 g/mol. The first-order chi connectivity index (χ1) is 4.16. The Hall–Kier alpha value is -1.04. The van der Waals surface area contributed by atoms with Crippen LogP contribution in [0.4, 0.5) is 0 Å². The van der Waals surface area contributed by atoms with Gasteiger partial charge in [0, 0.05) is 17.3 Å². The van der Waals surface area contributed by atoms with Crippen molar-refractivity contribution >= 4 is 0 Å². The predicted molar refractivity (Wildman–Crippen MR) is 34.5 cm³/mol. The van der Waals surface area contributed by atoms with Crippen molar-refractivity contribution in [2.75, 3.05) is 6.54 Å². The normalized spacial score (nSPS) is 12.0. The van der Waals surface area contributed by atoms with Crippen LogP contribution in [0.2, 0.25) is 0 Å². The predicted octanol–water partition coefficient (Wildman–Crippen LogP) is 0.922. The second-order valence-corrected chi connectivity index (χ2v) is 2.03. The molecule has 0 saturated heterocycles. The Kier molecular flexibility index (Phi) is 3.45. The van der Waals surface area contributed by atoms with E-state index in [9.17, 15) is 10.1 Å². The Balaban J connectivity index is 3.40. The molecule has 50 valence electrons. The summed E-state index contributed by atoms with van der Waals surface area (Å²) in [6.45, 7) is 1.74. The van der Waals surface area contributed by atoms with Crippen LogP contribution in [0.1, 0.15) is 13.3 Å². The number of hydrogen-bond donors (Lipinski definition) is 0. The van der Waals surface area contributed by atoms with Gasteiger partial charge in [-0.25, -0.2) is 0 Å². The van der Waals surface area contributed by atoms with Gasteiger partial charge in [0.25, 0.3) is 0 Å². The van der Waals surface area contributed by atoms with Crippen molar-refractivity contribution in [3.63, 3.8) is 0 Å². The first kappa shape index (κ1) is 7.96. The maximum absolute atomic E-state index is 9.82. The lowest BCUT2D eigenvalue weighted by atomic mass is 10.1. The van der Waals surface area contributed by atoms with E-state index >= 15 is 0 Å². The van der Waals surface area contributed by atoms with Crippen LogP contribution in [0.5, 0.6) is 0 Å². The number of nitro groups is 1. The second kappa shape index (κ2) is 3.90. The summed E-state index contributed by atoms with van der Waals surface area (Å²) in [6.07, 6.45) is 5.42. The maximum atomic E-state index is 9.82. The summed E-state index contributed by atoms with van der Waals surface area (Å²) in [4.78, 5) is 9.48. The van der Waals surface area contributed by atoms with E-state index in [1.807, 2.05) is 0 Å². The molecule has 0 aromatic rings. The smallest absolute Gasteiger partial charge is 0.207 e. The number of nitrogens with zero attached hydrogens (tertiary/aromatic N) is 1. The summed E-state index contributed by atoms with van der Waals surface area (Å²) in [6, 6.07) is 0. The van der Waals surface area contributed by atoms with Gasteiger partial charge in [0.05, 0.1) is 0 Å². The number of rotatable bonds is 3. The molecule has 0 N–H and O–H groups in total. The molecule has 0 spiro atoms. The molecule has 0 rings (SSSR count). The molecule has 1 atom stereocenters. The Morgan fingerprint density at radius 1 is 1.89 bits per heavy atom. The minimum Gasteiger partial charge on any atom is -0.265 e. The highest BCUT2D eigenvalue weighted by Crippen LogP contribution is 1.98. The molecule has 9 heavy (non-hydrogen) atoms. The van der Waals surface area contributed by atoms with Gasteiger partial charge in [-0.1, -0.05) is 6.92 Å². The van der Waals surface area contributed by atoms with Gasteiger partial charge in [0.1, 0.15) is 0 Å². The zero-order chi connectivity index (χ0) is 7.28. The van der Waals surface area contributed by atoms with Crippen molar-refractivity contribution in [3.05, 3.63) is 10.1 Å². The van der Waals surface area contributed by atoms with Crippen molar-refractivity contribution in [3.8, 4) is 12.3 Å². The van der Waals surface area contributed by atoms with Crippen molar-refractivity contribution in [2.45, 2.75) is 13.3 Å². The van der Waals surface area contributed by atoms with E-state index < -0.39 is 0 Å². The highest BCUT2D eigenvalue weighted by atomic mass is 16.6. The molecular formula is C6H9NO2. The van der Waals surface area contributed by atoms with Gasteiger partial charge in [-0.05, 0) is 0 Å². The monoisotopic (exact) mass is 127 g/mol. The topological polar surface area (TPSA) is 43.1 Å². The van der Waals surface area contributed by atoms with Crippen LogP contribution in [0.25, 0.3) is 0 Å². The second-order valence-electron chi connectivity index (χ2n) is 2.03. The van der Waals surface area contributed by atoms with Crippen LogP contribution in [-0.2, 0) is 0 Å². The standard InChI is InChI=1S/C6H9NO2/c1-3-4-6(2)5-7(8)9/h1,6H,4-5H2,2H3. The molecule has 3 heteroatoms. The largest absolute Gasteiger partial charge is 0.265 e. The molecule has 3 nitrogen and oxygen atoms in total. The Labute approximate surface area is 54.2 Å². The molecule has 0 aliphatic heterocycles. The summed E-state index contributed by atoms with van der Waals surface area (Å²) >= 11 is 0. The molecule has 0 amide bonds. The third kappa shape index (κ3) is 4.82. The van der Waals surface area contributed by atoms with Gasteiger partial charge in [-0.3, -0.25) is 10.1 Å². The minimum atomic E-state index is -0.345. The first-order valence-electron chi connectivity index (χ1n) is 2.72. The van der Waals surface area contributed by atoms with Crippen molar-refractivity contribution < 1.29 is 4.92 Å². The van der Waals surface area contributed by atoms with E-state index in [1.165, 1.54) is 0 Å². The lowest BCUT2D eigenvalue weighted by Gasteiger charge is -1.98. The van der Waals surface area contributed by atoms with E-state index in [-0.39, 0.29) is 17.4 Å².